The molecule has 2 atom stereocenters. The van der Waals surface area contributed by atoms with Gasteiger partial charge in [0.1, 0.15) is 0 Å². The van der Waals surface area contributed by atoms with Crippen molar-refractivity contribution in [2.24, 2.45) is 11.8 Å². The topological polar surface area (TPSA) is 47.1 Å². The summed E-state index contributed by atoms with van der Waals surface area (Å²) in [5.74, 6) is 0.978. The number of rotatable bonds is 12. The van der Waals surface area contributed by atoms with Crippen molar-refractivity contribution in [3.05, 3.63) is 0 Å². The molecule has 212 valence electrons. The molecule has 3 saturated heterocycles. The number of likely N-dealkylation sites (tertiary alicyclic amines) is 2. The molecule has 0 bridgehead atoms. The molecule has 3 aliphatic heterocycles. The summed E-state index contributed by atoms with van der Waals surface area (Å²) in [6, 6.07) is 0. The van der Waals surface area contributed by atoms with Crippen molar-refractivity contribution in [3.8, 4) is 0 Å². The lowest BCUT2D eigenvalue weighted by Crippen LogP contribution is -2.55. The summed E-state index contributed by atoms with van der Waals surface area (Å²) in [5.41, 5.74) is 0. The van der Waals surface area contributed by atoms with E-state index in [1.165, 1.54) is 51.4 Å². The Labute approximate surface area is 255 Å². The maximum atomic E-state index is 13.2. The van der Waals surface area contributed by atoms with Crippen LogP contribution in [0.5, 0.6) is 0 Å². The van der Waals surface area contributed by atoms with E-state index in [1.807, 2.05) is 0 Å². The molecule has 2 unspecified atom stereocenters. The van der Waals surface area contributed by atoms with E-state index in [0.29, 0.717) is 38.0 Å². The van der Waals surface area contributed by atoms with Gasteiger partial charge in [0.2, 0.25) is 11.8 Å². The maximum Gasteiger partial charge on any atom is 0.227 e. The second-order valence-electron chi connectivity index (χ2n) is 11.1. The summed E-state index contributed by atoms with van der Waals surface area (Å²) >= 11 is 0. The van der Waals surface area contributed by atoms with Gasteiger partial charge < -0.3 is 19.6 Å². The first-order valence-electron chi connectivity index (χ1n) is 14.6. The van der Waals surface area contributed by atoms with Crippen LogP contribution in [-0.4, -0.2) is 96.9 Å². The highest BCUT2D eigenvalue weighted by Gasteiger charge is 2.34. The average molecular weight is 733 g/mol. The first-order chi connectivity index (χ1) is 16.6. The molecule has 0 saturated carbocycles. The quantitative estimate of drug-likeness (QED) is 0.197. The van der Waals surface area contributed by atoms with Crippen molar-refractivity contribution >= 4 is 59.8 Å². The van der Waals surface area contributed by atoms with E-state index in [0.717, 1.165) is 65.0 Å². The average Bonchev–Trinajstić information content (AvgIpc) is 2.89. The van der Waals surface area contributed by atoms with Gasteiger partial charge in [-0.1, -0.05) is 52.4 Å². The number of carbonyl (C=O) groups is 2. The third-order valence-electron chi connectivity index (χ3n) is 8.27. The van der Waals surface area contributed by atoms with Crippen molar-refractivity contribution in [2.75, 3.05) is 65.4 Å². The zero-order valence-electron chi connectivity index (χ0n) is 23.1. The van der Waals surface area contributed by atoms with Gasteiger partial charge in [-0.2, -0.15) is 0 Å². The second-order valence-corrected chi connectivity index (χ2v) is 11.1. The number of piperidine rings is 2. The fraction of sp³-hybridized carbons (Fsp3) is 0.929. The van der Waals surface area contributed by atoms with Crippen LogP contribution in [0.15, 0.2) is 0 Å². The lowest BCUT2D eigenvalue weighted by molar-refractivity contribution is -0.146. The zero-order chi connectivity index (χ0) is 24.2. The number of unbranched alkanes of at least 4 members (excludes halogenated alkanes) is 6. The largest absolute Gasteiger partial charge is 0.339 e. The fourth-order valence-corrected chi connectivity index (χ4v) is 6.11. The number of hydrogen-bond acceptors (Lipinski definition) is 4. The van der Waals surface area contributed by atoms with E-state index in [1.54, 1.807) is 0 Å². The Morgan fingerprint density at radius 2 is 0.972 bits per heavy atom. The van der Waals surface area contributed by atoms with Gasteiger partial charge in [0.15, 0.2) is 0 Å². The van der Waals surface area contributed by atoms with Crippen LogP contribution in [-0.2, 0) is 9.59 Å². The molecule has 6 nitrogen and oxygen atoms in total. The van der Waals surface area contributed by atoms with Gasteiger partial charge in [-0.3, -0.25) is 9.59 Å². The minimum absolute atomic E-state index is 0. The summed E-state index contributed by atoms with van der Waals surface area (Å²) < 4.78 is 0. The van der Waals surface area contributed by atoms with Crippen LogP contribution in [0.2, 0.25) is 0 Å². The van der Waals surface area contributed by atoms with Crippen LogP contribution < -0.4 is 0 Å². The number of halogens is 2. The molecule has 3 fully saturated rings. The Balaban J connectivity index is 0.00000324. The Bertz CT molecular complexity index is 564. The third-order valence-corrected chi connectivity index (χ3v) is 8.27. The first kappa shape index (κ1) is 34.3. The summed E-state index contributed by atoms with van der Waals surface area (Å²) in [6.45, 7) is 13.8. The Hall–Kier alpha value is 0.320. The molecule has 3 rings (SSSR count). The number of nitrogens with zero attached hydrogens (tertiary/aromatic N) is 4. The number of carbonyl (C=O) groups excluding carboxylic acids is 2. The fourth-order valence-electron chi connectivity index (χ4n) is 6.11. The maximum absolute atomic E-state index is 13.2. The van der Waals surface area contributed by atoms with Crippen molar-refractivity contribution in [1.82, 2.24) is 19.6 Å². The Morgan fingerprint density at radius 1 is 0.583 bits per heavy atom. The Kier molecular flexibility index (Phi) is 18.5. The molecular weight excluding hydrogens is 678 g/mol. The molecule has 0 aromatic carbocycles. The smallest absolute Gasteiger partial charge is 0.227 e. The highest BCUT2D eigenvalue weighted by Crippen LogP contribution is 2.23. The molecular formula is C28H54I2N4O2. The molecule has 8 heteroatoms. The second kappa shape index (κ2) is 19.4. The van der Waals surface area contributed by atoms with Crippen LogP contribution in [0.1, 0.15) is 90.9 Å². The van der Waals surface area contributed by atoms with E-state index in [2.05, 4.69) is 33.4 Å². The third kappa shape index (κ3) is 11.2. The highest BCUT2D eigenvalue weighted by molar-refractivity contribution is 14.0. The van der Waals surface area contributed by atoms with Crippen LogP contribution in [0.3, 0.4) is 0 Å². The summed E-state index contributed by atoms with van der Waals surface area (Å²) in [4.78, 5) is 35.6. The van der Waals surface area contributed by atoms with Gasteiger partial charge in [-0.05, 0) is 64.7 Å². The minimum Gasteiger partial charge on any atom is -0.339 e. The van der Waals surface area contributed by atoms with Crippen molar-refractivity contribution in [1.29, 1.82) is 0 Å². The SMILES string of the molecule is CCCCCCN1CCCC(C(=O)N2CCN(C(=O)C3CCCN(CCCCCC)C3)CC2)C1.I.I. The number of hydrogen-bond donors (Lipinski definition) is 0. The monoisotopic (exact) mass is 732 g/mol. The molecule has 0 spiro atoms. The van der Waals surface area contributed by atoms with Crippen molar-refractivity contribution < 1.29 is 9.59 Å². The van der Waals surface area contributed by atoms with Gasteiger partial charge in [0, 0.05) is 39.3 Å². The lowest BCUT2D eigenvalue weighted by Gasteiger charge is -2.41. The molecule has 36 heavy (non-hydrogen) atoms. The normalized spacial score (nSPS) is 23.6. The summed E-state index contributed by atoms with van der Waals surface area (Å²) in [7, 11) is 0. The van der Waals surface area contributed by atoms with Gasteiger partial charge in [0.05, 0.1) is 11.8 Å². The van der Waals surface area contributed by atoms with E-state index in [-0.39, 0.29) is 59.8 Å². The Morgan fingerprint density at radius 3 is 1.33 bits per heavy atom. The molecule has 0 aromatic heterocycles. The molecule has 0 aliphatic carbocycles. The van der Waals surface area contributed by atoms with Crippen LogP contribution in [0, 0.1) is 11.8 Å². The van der Waals surface area contributed by atoms with Gasteiger partial charge in [0.25, 0.3) is 0 Å². The molecule has 3 aliphatic rings. The van der Waals surface area contributed by atoms with Crippen molar-refractivity contribution in [3.63, 3.8) is 0 Å². The highest BCUT2D eigenvalue weighted by atomic mass is 127. The molecule has 0 aromatic rings. The van der Waals surface area contributed by atoms with E-state index in [4.69, 9.17) is 0 Å². The van der Waals surface area contributed by atoms with E-state index >= 15 is 0 Å². The summed E-state index contributed by atoms with van der Waals surface area (Å²) in [6.07, 6.45) is 14.6. The van der Waals surface area contributed by atoms with E-state index in [9.17, 15) is 9.59 Å². The van der Waals surface area contributed by atoms with Gasteiger partial charge >= 0.3 is 0 Å². The van der Waals surface area contributed by atoms with E-state index < -0.39 is 0 Å². The lowest BCUT2D eigenvalue weighted by atomic mass is 9.95. The van der Waals surface area contributed by atoms with Crippen LogP contribution >= 0.6 is 48.0 Å². The number of piperazine rings is 1. The molecule has 3 heterocycles. The van der Waals surface area contributed by atoms with Crippen LogP contribution in [0.4, 0.5) is 0 Å². The van der Waals surface area contributed by atoms with Crippen LogP contribution in [0.25, 0.3) is 0 Å². The van der Waals surface area contributed by atoms with Gasteiger partial charge in [-0.25, -0.2) is 0 Å². The molecule has 0 radical (unpaired) electrons. The summed E-state index contributed by atoms with van der Waals surface area (Å²) in [5, 5.41) is 0. The zero-order valence-corrected chi connectivity index (χ0v) is 27.8. The minimum atomic E-state index is 0. The number of amides is 2. The molecule has 0 N–H and O–H groups in total. The van der Waals surface area contributed by atoms with Crippen molar-refractivity contribution in [2.45, 2.75) is 90.9 Å². The first-order valence-corrected chi connectivity index (χ1v) is 14.6. The predicted molar refractivity (Wildman–Crippen MR) is 171 cm³/mol. The molecule has 2 amide bonds. The predicted octanol–water partition coefficient (Wildman–Crippen LogP) is 5.48. The van der Waals surface area contributed by atoms with Gasteiger partial charge in [-0.15, -0.1) is 48.0 Å². The standard InChI is InChI=1S/C28H52N4O2.2HI/c1-3-5-7-9-15-29-17-11-13-25(23-29)27(33)31-19-21-32(22-20-31)28(34)26-14-12-18-30(24-26)16-10-8-6-4-2;;/h25-26H,3-24H2,1-2H3;2*1H.